The highest BCUT2D eigenvalue weighted by atomic mass is 16.5. The number of aromatic nitrogens is 2. The molecule has 1 saturated heterocycles. The summed E-state index contributed by atoms with van der Waals surface area (Å²) >= 11 is 0. The molecule has 27 heavy (non-hydrogen) atoms. The number of imidazole rings is 1. The smallest absolute Gasteiger partial charge is 0.290 e. The molecule has 1 N–H and O–H groups in total. The molecule has 7 nitrogen and oxygen atoms in total. The Morgan fingerprint density at radius 1 is 1.22 bits per heavy atom. The summed E-state index contributed by atoms with van der Waals surface area (Å²) < 4.78 is 7.02. The molecule has 2 aliphatic heterocycles. The van der Waals surface area contributed by atoms with E-state index < -0.39 is 0 Å². The van der Waals surface area contributed by atoms with Crippen LogP contribution < -0.4 is 5.32 Å². The van der Waals surface area contributed by atoms with Crippen LogP contribution in [0.3, 0.4) is 0 Å². The molecule has 0 radical (unpaired) electrons. The van der Waals surface area contributed by atoms with Crippen LogP contribution in [0.25, 0.3) is 0 Å². The summed E-state index contributed by atoms with van der Waals surface area (Å²) in [5.41, 5.74) is 1.35. The van der Waals surface area contributed by atoms with Gasteiger partial charge in [-0.05, 0) is 51.4 Å². The first-order chi connectivity index (χ1) is 13.2. The molecule has 1 unspecified atom stereocenters. The first kappa shape index (κ1) is 19.9. The van der Waals surface area contributed by atoms with Crippen molar-refractivity contribution < 1.29 is 14.3 Å². The molecule has 0 spiro atoms. The standard InChI is InChI=1S/C20H32N4O3/c1-3-15-9-4-6-12-23(15)20(26)18-22-17(16-10-5-7-13-24(16)18)19(25)21-11-8-14-27-2/h15H,3-14H2,1-2H3,(H,21,25). The lowest BCUT2D eigenvalue weighted by molar-refractivity contribution is 0.0589. The van der Waals surface area contributed by atoms with Gasteiger partial charge in [0.05, 0.1) is 5.69 Å². The number of hydrogen-bond donors (Lipinski definition) is 1. The number of rotatable bonds is 7. The summed E-state index contributed by atoms with van der Waals surface area (Å²) in [6.07, 6.45) is 7.86. The molecule has 2 amide bonds. The third kappa shape index (κ3) is 4.34. The Morgan fingerprint density at radius 3 is 2.81 bits per heavy atom. The van der Waals surface area contributed by atoms with Crippen LogP contribution in [0.4, 0.5) is 0 Å². The second kappa shape index (κ2) is 9.35. The van der Waals surface area contributed by atoms with E-state index in [2.05, 4.69) is 17.2 Å². The molecular formula is C20H32N4O3. The van der Waals surface area contributed by atoms with Gasteiger partial charge in [-0.25, -0.2) is 4.98 Å². The van der Waals surface area contributed by atoms with Crippen molar-refractivity contribution in [2.45, 2.75) is 70.9 Å². The number of nitrogens with zero attached hydrogens (tertiary/aromatic N) is 3. The summed E-state index contributed by atoms with van der Waals surface area (Å²) in [6.45, 7) is 4.85. The van der Waals surface area contributed by atoms with Crippen LogP contribution in [0.2, 0.25) is 0 Å². The van der Waals surface area contributed by atoms with Crippen LogP contribution in [0, 0.1) is 0 Å². The number of carbonyl (C=O) groups is 2. The largest absolute Gasteiger partial charge is 0.385 e. The molecule has 150 valence electrons. The van der Waals surface area contributed by atoms with Gasteiger partial charge in [0, 0.05) is 39.4 Å². The number of ether oxygens (including phenoxy) is 1. The summed E-state index contributed by atoms with van der Waals surface area (Å²) in [5.74, 6) is 0.261. The van der Waals surface area contributed by atoms with Gasteiger partial charge < -0.3 is 19.5 Å². The predicted molar refractivity (Wildman–Crippen MR) is 103 cm³/mol. The van der Waals surface area contributed by atoms with E-state index in [1.807, 2.05) is 9.47 Å². The molecule has 3 heterocycles. The second-order valence-corrected chi connectivity index (χ2v) is 7.50. The molecule has 1 fully saturated rings. The molecule has 0 saturated carbocycles. The van der Waals surface area contributed by atoms with E-state index in [4.69, 9.17) is 4.74 Å². The summed E-state index contributed by atoms with van der Waals surface area (Å²) in [7, 11) is 1.65. The van der Waals surface area contributed by atoms with Crippen LogP contribution >= 0.6 is 0 Å². The molecule has 1 atom stereocenters. The van der Waals surface area contributed by atoms with Crippen molar-refractivity contribution in [3.8, 4) is 0 Å². The fraction of sp³-hybridized carbons (Fsp3) is 0.750. The Hall–Kier alpha value is -1.89. The highest BCUT2D eigenvalue weighted by Gasteiger charge is 2.33. The maximum absolute atomic E-state index is 13.3. The Labute approximate surface area is 161 Å². The van der Waals surface area contributed by atoms with Crippen molar-refractivity contribution in [1.82, 2.24) is 19.8 Å². The van der Waals surface area contributed by atoms with Gasteiger partial charge in [-0.15, -0.1) is 0 Å². The van der Waals surface area contributed by atoms with E-state index in [1.165, 1.54) is 6.42 Å². The predicted octanol–water partition coefficient (Wildman–Crippen LogP) is 2.39. The molecule has 1 aromatic rings. The monoisotopic (exact) mass is 376 g/mol. The summed E-state index contributed by atoms with van der Waals surface area (Å²) in [5, 5.41) is 2.92. The van der Waals surface area contributed by atoms with Crippen LogP contribution in [0.1, 0.15) is 78.7 Å². The molecule has 2 aliphatic rings. The van der Waals surface area contributed by atoms with Crippen molar-refractivity contribution in [3.63, 3.8) is 0 Å². The molecule has 3 rings (SSSR count). The van der Waals surface area contributed by atoms with Crippen molar-refractivity contribution in [3.05, 3.63) is 17.2 Å². The number of fused-ring (bicyclic) bond motifs is 1. The van der Waals surface area contributed by atoms with Gasteiger partial charge in [0.15, 0.2) is 5.82 Å². The minimum Gasteiger partial charge on any atom is -0.385 e. The number of carbonyl (C=O) groups excluding carboxylic acids is 2. The molecule has 0 bridgehead atoms. The maximum Gasteiger partial charge on any atom is 0.290 e. The van der Waals surface area contributed by atoms with Crippen molar-refractivity contribution in [1.29, 1.82) is 0 Å². The van der Waals surface area contributed by atoms with Gasteiger partial charge in [0.1, 0.15) is 5.69 Å². The van der Waals surface area contributed by atoms with Crippen molar-refractivity contribution >= 4 is 11.8 Å². The van der Waals surface area contributed by atoms with Crippen molar-refractivity contribution in [2.24, 2.45) is 0 Å². The highest BCUT2D eigenvalue weighted by molar-refractivity contribution is 5.97. The quantitative estimate of drug-likeness (QED) is 0.742. The third-order valence-corrected chi connectivity index (χ3v) is 5.69. The van der Waals surface area contributed by atoms with Crippen molar-refractivity contribution in [2.75, 3.05) is 26.8 Å². The van der Waals surface area contributed by atoms with Gasteiger partial charge in [0.2, 0.25) is 0 Å². The third-order valence-electron chi connectivity index (χ3n) is 5.69. The zero-order valence-electron chi connectivity index (χ0n) is 16.6. The Morgan fingerprint density at radius 2 is 2.04 bits per heavy atom. The molecule has 1 aromatic heterocycles. The van der Waals surface area contributed by atoms with Gasteiger partial charge in [-0.1, -0.05) is 6.92 Å². The maximum atomic E-state index is 13.3. The topological polar surface area (TPSA) is 76.5 Å². The lowest BCUT2D eigenvalue weighted by Gasteiger charge is -2.35. The lowest BCUT2D eigenvalue weighted by atomic mass is 10.00. The van der Waals surface area contributed by atoms with E-state index in [1.54, 1.807) is 7.11 Å². The SMILES string of the molecule is CCC1CCCCN1C(=O)c1nc(C(=O)NCCCOC)c2n1CCCC2. The van der Waals surface area contributed by atoms with E-state index in [9.17, 15) is 9.59 Å². The zero-order valence-corrected chi connectivity index (χ0v) is 16.6. The number of nitrogens with one attached hydrogen (secondary N) is 1. The fourth-order valence-electron chi connectivity index (χ4n) is 4.21. The van der Waals surface area contributed by atoms with Gasteiger partial charge in [0.25, 0.3) is 11.8 Å². The number of hydrogen-bond acceptors (Lipinski definition) is 4. The molecular weight excluding hydrogens is 344 g/mol. The van der Waals surface area contributed by atoms with Gasteiger partial charge >= 0.3 is 0 Å². The summed E-state index contributed by atoms with van der Waals surface area (Å²) in [6, 6.07) is 0.286. The Balaban J connectivity index is 1.82. The highest BCUT2D eigenvalue weighted by Crippen LogP contribution is 2.25. The fourth-order valence-corrected chi connectivity index (χ4v) is 4.21. The van der Waals surface area contributed by atoms with E-state index in [0.717, 1.165) is 63.7 Å². The van der Waals surface area contributed by atoms with Crippen LogP contribution in [0.15, 0.2) is 0 Å². The average molecular weight is 377 g/mol. The molecule has 0 aliphatic carbocycles. The van der Waals surface area contributed by atoms with E-state index >= 15 is 0 Å². The minimum absolute atomic E-state index is 0.0110. The molecule has 0 aromatic carbocycles. The first-order valence-electron chi connectivity index (χ1n) is 10.3. The zero-order chi connectivity index (χ0) is 19.2. The number of likely N-dealkylation sites (tertiary alicyclic amines) is 1. The lowest BCUT2D eigenvalue weighted by Crippen LogP contribution is -2.44. The second-order valence-electron chi connectivity index (χ2n) is 7.50. The van der Waals surface area contributed by atoms with Gasteiger partial charge in [-0.3, -0.25) is 9.59 Å². The van der Waals surface area contributed by atoms with Crippen LogP contribution in [-0.2, 0) is 17.7 Å². The Bertz CT molecular complexity index is 670. The normalized spacial score (nSPS) is 19.6. The van der Waals surface area contributed by atoms with E-state index in [0.29, 0.717) is 24.7 Å². The molecule has 7 heteroatoms. The summed E-state index contributed by atoms with van der Waals surface area (Å²) in [4.78, 5) is 32.5. The van der Waals surface area contributed by atoms with Crippen LogP contribution in [-0.4, -0.2) is 59.1 Å². The number of methoxy groups -OCH3 is 1. The first-order valence-corrected chi connectivity index (χ1v) is 10.3. The number of amides is 2. The number of piperidine rings is 1. The minimum atomic E-state index is -0.179. The van der Waals surface area contributed by atoms with Crippen LogP contribution in [0.5, 0.6) is 0 Å². The average Bonchev–Trinajstić information content (AvgIpc) is 3.10. The van der Waals surface area contributed by atoms with E-state index in [-0.39, 0.29) is 17.9 Å². The van der Waals surface area contributed by atoms with Gasteiger partial charge in [-0.2, -0.15) is 0 Å². The Kier molecular flexibility index (Phi) is 6.88.